The lowest BCUT2D eigenvalue weighted by Crippen LogP contribution is -2.38. The van der Waals surface area contributed by atoms with Crippen molar-refractivity contribution in [2.75, 3.05) is 76.7 Å². The third kappa shape index (κ3) is 15.4. The first-order chi connectivity index (χ1) is 31.2. The molecule has 0 aliphatic carbocycles. The number of methoxy groups -OCH3 is 2. The van der Waals surface area contributed by atoms with Gasteiger partial charge in [-0.2, -0.15) is 9.97 Å². The Bertz CT molecular complexity index is 2150. The second-order valence-electron chi connectivity index (χ2n) is 16.9. The van der Waals surface area contributed by atoms with Gasteiger partial charge in [-0.15, -0.1) is 0 Å². The number of anilines is 4. The molecule has 2 aromatic heterocycles. The van der Waals surface area contributed by atoms with Gasteiger partial charge < -0.3 is 46.5 Å². The van der Waals surface area contributed by atoms with Gasteiger partial charge in [-0.25, -0.2) is 9.97 Å². The Balaban J connectivity index is 1.60. The van der Waals surface area contributed by atoms with Crippen LogP contribution in [0.15, 0.2) is 48.5 Å². The number of aliphatic hydroxyl groups excluding tert-OH is 1. The van der Waals surface area contributed by atoms with Gasteiger partial charge in [0.05, 0.1) is 32.6 Å². The van der Waals surface area contributed by atoms with Crippen molar-refractivity contribution < 1.29 is 29.0 Å². The maximum absolute atomic E-state index is 13.7. The van der Waals surface area contributed by atoms with Gasteiger partial charge >= 0.3 is 11.9 Å². The molecule has 0 saturated carbocycles. The highest BCUT2D eigenvalue weighted by Gasteiger charge is 2.38. The molecule has 16 heteroatoms. The molecule has 4 aromatic rings. The Morgan fingerprint density at radius 2 is 1.38 bits per heavy atom. The third-order valence-corrected chi connectivity index (χ3v) is 11.6. The molecule has 16 nitrogen and oxygen atoms in total. The fourth-order valence-electron chi connectivity index (χ4n) is 8.13. The number of amides is 1. The maximum Gasteiger partial charge on any atom is 0.314 e. The summed E-state index contributed by atoms with van der Waals surface area (Å²) in [5.41, 5.74) is 18.3. The highest BCUT2D eigenvalue weighted by Crippen LogP contribution is 2.37. The number of rotatable bonds is 27. The van der Waals surface area contributed by atoms with E-state index in [-0.39, 0.29) is 37.0 Å². The number of carbonyl (C=O) groups excluding carboxylic acids is 3. The Morgan fingerprint density at radius 1 is 0.754 bits per heavy atom. The van der Waals surface area contributed by atoms with Crippen molar-refractivity contribution in [2.24, 2.45) is 0 Å². The Labute approximate surface area is 385 Å². The summed E-state index contributed by atoms with van der Waals surface area (Å²) in [7, 11) is 6.33. The number of nitrogens with two attached hydrogens (primary N) is 2. The second kappa shape index (κ2) is 26.2. The zero-order valence-corrected chi connectivity index (χ0v) is 39.8. The average molecular weight is 897 g/mol. The van der Waals surface area contributed by atoms with E-state index in [0.717, 1.165) is 78.7 Å². The summed E-state index contributed by atoms with van der Waals surface area (Å²) in [6.45, 7) is 9.90. The van der Waals surface area contributed by atoms with Crippen LogP contribution in [0, 0.1) is 13.8 Å². The largest absolute Gasteiger partial charge is 0.469 e. The van der Waals surface area contributed by atoms with Gasteiger partial charge in [-0.05, 0) is 82.3 Å². The van der Waals surface area contributed by atoms with Crippen LogP contribution in [0.3, 0.4) is 0 Å². The minimum atomic E-state index is -1.03. The van der Waals surface area contributed by atoms with Gasteiger partial charge in [0.1, 0.15) is 11.6 Å². The lowest BCUT2D eigenvalue weighted by molar-refractivity contribution is -0.150. The molecule has 0 bridgehead atoms. The number of nitrogens with zero attached hydrogens (tertiary/aromatic N) is 6. The van der Waals surface area contributed by atoms with Crippen LogP contribution in [0.4, 0.5) is 23.5 Å². The van der Waals surface area contributed by atoms with Crippen molar-refractivity contribution in [3.05, 3.63) is 93.3 Å². The maximum atomic E-state index is 13.7. The van der Waals surface area contributed by atoms with Gasteiger partial charge in [0, 0.05) is 61.2 Å². The first-order valence-electron chi connectivity index (χ1n) is 22.9. The van der Waals surface area contributed by atoms with Crippen LogP contribution in [0.1, 0.15) is 122 Å². The molecule has 4 rings (SSSR count). The number of benzene rings is 2. The molecule has 0 radical (unpaired) electrons. The Hall–Kier alpha value is -5.87. The molecular formula is C49H72N10O6. The Kier molecular flexibility index (Phi) is 20.8. The third-order valence-electron chi connectivity index (χ3n) is 11.6. The summed E-state index contributed by atoms with van der Waals surface area (Å²) in [5, 5.41) is 16.7. The van der Waals surface area contributed by atoms with Gasteiger partial charge in [-0.3, -0.25) is 14.4 Å². The van der Waals surface area contributed by atoms with Crippen LogP contribution >= 0.6 is 0 Å². The number of likely N-dealkylation sites (N-methyl/N-ethyl adjacent to an activating group) is 1. The molecule has 0 aliphatic rings. The standard InChI is InChI=1S/C49H72N10O6/c1-9-11-13-25-52-44-40(33(4)54-48(50)56-44)29-35-16-14-17-37(28-35)43(47(63)65-8)42(46(62)64-7)36-22-20-34(21-23-36)30-59(41(61)31-58(5)6)26-15-19-39-32(3)53-49(51)57-45(39)55-38(24-27-60)18-12-10-2/h14,16-17,20-23,28,38,42-43,60H,9-13,15,18-19,24-27,29-31H2,1-8H3,(H3,50,52,54,56)(H3,51,53,55,57). The van der Waals surface area contributed by atoms with Crippen LogP contribution in [-0.2, 0) is 43.2 Å². The van der Waals surface area contributed by atoms with E-state index >= 15 is 0 Å². The quantitative estimate of drug-likeness (QED) is 0.0326. The fourth-order valence-corrected chi connectivity index (χ4v) is 8.13. The molecule has 0 spiro atoms. The summed E-state index contributed by atoms with van der Waals surface area (Å²) in [5.74, 6) is -1.57. The molecule has 0 fully saturated rings. The smallest absolute Gasteiger partial charge is 0.314 e. The summed E-state index contributed by atoms with van der Waals surface area (Å²) in [6, 6.07) is 15.0. The number of aryl methyl sites for hydroxylation is 2. The van der Waals surface area contributed by atoms with E-state index in [2.05, 4.69) is 44.4 Å². The SMILES string of the molecule is CCCCCNc1nc(N)nc(C)c1Cc1cccc(C(C(=O)OC)C(C(=O)OC)c2ccc(CN(CCCc3c(C)nc(N)nc3NC(CCO)CCCC)C(=O)CN(C)C)cc2)c1. The number of hydrogen-bond donors (Lipinski definition) is 5. The lowest BCUT2D eigenvalue weighted by Gasteiger charge is -2.26. The highest BCUT2D eigenvalue weighted by molar-refractivity contribution is 5.90. The fraction of sp³-hybridized carbons (Fsp3) is 0.531. The van der Waals surface area contributed by atoms with Crippen LogP contribution in [0.2, 0.25) is 0 Å². The number of esters is 2. The first-order valence-corrected chi connectivity index (χ1v) is 22.9. The number of nitrogen functional groups attached to an aromatic ring is 2. The average Bonchev–Trinajstić information content (AvgIpc) is 3.27. The molecule has 3 unspecified atom stereocenters. The molecule has 2 aromatic carbocycles. The second-order valence-corrected chi connectivity index (χ2v) is 16.9. The first kappa shape index (κ1) is 51.8. The van der Waals surface area contributed by atoms with E-state index in [4.69, 9.17) is 20.9 Å². The summed E-state index contributed by atoms with van der Waals surface area (Å²) >= 11 is 0. The van der Waals surface area contributed by atoms with Crippen LogP contribution in [0.5, 0.6) is 0 Å². The predicted octanol–water partition coefficient (Wildman–Crippen LogP) is 6.33. The summed E-state index contributed by atoms with van der Waals surface area (Å²) in [4.78, 5) is 62.8. The number of carbonyl (C=O) groups is 3. The van der Waals surface area contributed by atoms with E-state index in [1.807, 2.05) is 86.3 Å². The van der Waals surface area contributed by atoms with Crippen molar-refractivity contribution >= 4 is 41.4 Å². The minimum absolute atomic E-state index is 0.0384. The molecule has 2 heterocycles. The van der Waals surface area contributed by atoms with Gasteiger partial charge in [0.15, 0.2) is 0 Å². The number of aliphatic hydroxyl groups is 1. The predicted molar refractivity (Wildman–Crippen MR) is 257 cm³/mol. The van der Waals surface area contributed by atoms with Crippen molar-refractivity contribution in [1.82, 2.24) is 29.7 Å². The molecule has 3 atom stereocenters. The van der Waals surface area contributed by atoms with E-state index in [1.165, 1.54) is 14.2 Å². The van der Waals surface area contributed by atoms with Crippen LogP contribution in [0.25, 0.3) is 0 Å². The number of unbranched alkanes of at least 4 members (excludes halogenated alkanes) is 3. The minimum Gasteiger partial charge on any atom is -0.469 e. The van der Waals surface area contributed by atoms with E-state index in [1.54, 1.807) is 0 Å². The lowest BCUT2D eigenvalue weighted by atomic mass is 9.80. The van der Waals surface area contributed by atoms with Crippen LogP contribution in [-0.4, -0.2) is 113 Å². The molecule has 0 aliphatic heterocycles. The molecule has 7 N–H and O–H groups in total. The van der Waals surface area contributed by atoms with Crippen molar-refractivity contribution in [3.63, 3.8) is 0 Å². The van der Waals surface area contributed by atoms with E-state index in [9.17, 15) is 19.5 Å². The molecule has 0 saturated heterocycles. The molecular weight excluding hydrogens is 825 g/mol. The number of aromatic nitrogens is 4. The highest BCUT2D eigenvalue weighted by atomic mass is 16.5. The summed E-state index contributed by atoms with van der Waals surface area (Å²) in [6.07, 6.45) is 8.39. The van der Waals surface area contributed by atoms with Crippen molar-refractivity contribution in [1.29, 1.82) is 0 Å². The van der Waals surface area contributed by atoms with E-state index in [0.29, 0.717) is 61.5 Å². The van der Waals surface area contributed by atoms with Crippen molar-refractivity contribution in [3.8, 4) is 0 Å². The van der Waals surface area contributed by atoms with Gasteiger partial charge in [0.2, 0.25) is 17.8 Å². The molecule has 65 heavy (non-hydrogen) atoms. The van der Waals surface area contributed by atoms with Crippen molar-refractivity contribution in [2.45, 2.75) is 116 Å². The van der Waals surface area contributed by atoms with Gasteiger partial charge in [0.25, 0.3) is 0 Å². The number of hydrogen-bond acceptors (Lipinski definition) is 15. The number of ether oxygens (including phenoxy) is 2. The van der Waals surface area contributed by atoms with Gasteiger partial charge in [-0.1, -0.05) is 88.1 Å². The van der Waals surface area contributed by atoms with Crippen LogP contribution < -0.4 is 22.1 Å². The molecule has 354 valence electrons. The van der Waals surface area contributed by atoms with E-state index < -0.39 is 23.8 Å². The zero-order chi connectivity index (χ0) is 47.5. The monoisotopic (exact) mass is 897 g/mol. The Morgan fingerprint density at radius 3 is 2.00 bits per heavy atom. The topological polar surface area (TPSA) is 224 Å². The molecule has 1 amide bonds. The summed E-state index contributed by atoms with van der Waals surface area (Å²) < 4.78 is 10.7. The zero-order valence-electron chi connectivity index (χ0n) is 39.8. The number of nitrogens with one attached hydrogen (secondary N) is 2. The normalized spacial score (nSPS) is 12.6.